The Kier molecular flexibility index (Phi) is 4.31. The van der Waals surface area contributed by atoms with Gasteiger partial charge in [-0.1, -0.05) is 13.8 Å². The molecule has 0 aromatic heterocycles. The maximum Gasteiger partial charge on any atom is 0.226 e. The Morgan fingerprint density at radius 3 is 2.50 bits per heavy atom. The smallest absolute Gasteiger partial charge is 0.226 e. The number of rotatable bonds is 1. The third-order valence-corrected chi connectivity index (χ3v) is 4.93. The topological polar surface area (TPSA) is 46.3 Å². The van der Waals surface area contributed by atoms with Crippen LogP contribution in [0.15, 0.2) is 0 Å². The van der Waals surface area contributed by atoms with Gasteiger partial charge < -0.3 is 10.6 Å². The van der Waals surface area contributed by atoms with Crippen molar-refractivity contribution in [3.8, 4) is 0 Å². The highest BCUT2D eigenvalue weighted by Crippen LogP contribution is 2.33. The molecule has 3 heteroatoms. The van der Waals surface area contributed by atoms with Crippen molar-refractivity contribution in [1.82, 2.24) is 4.90 Å². The molecule has 3 nitrogen and oxygen atoms in total. The summed E-state index contributed by atoms with van der Waals surface area (Å²) in [6, 6.07) is 0.734. The zero-order chi connectivity index (χ0) is 13.3. The molecule has 5 atom stereocenters. The molecule has 104 valence electrons. The third kappa shape index (κ3) is 2.87. The van der Waals surface area contributed by atoms with Crippen LogP contribution in [-0.4, -0.2) is 29.4 Å². The molecule has 1 saturated heterocycles. The summed E-state index contributed by atoms with van der Waals surface area (Å²) in [5.74, 6) is 1.72. The van der Waals surface area contributed by atoms with Crippen molar-refractivity contribution in [2.45, 2.75) is 65.0 Å². The standard InChI is InChI=1S/C15H28N2O/c1-10-4-5-12(3)17(9-10)15(18)14-7-6-13(16)8-11(14)2/h10-14H,4-9,16H2,1-3H3. The number of carbonyl (C=O) groups is 1. The Morgan fingerprint density at radius 1 is 1.11 bits per heavy atom. The Morgan fingerprint density at radius 2 is 1.83 bits per heavy atom. The molecule has 1 amide bonds. The van der Waals surface area contributed by atoms with Gasteiger partial charge in [0, 0.05) is 24.5 Å². The Hall–Kier alpha value is -0.570. The highest BCUT2D eigenvalue weighted by molar-refractivity contribution is 5.79. The van der Waals surface area contributed by atoms with Gasteiger partial charge in [0.2, 0.25) is 5.91 Å². The fraction of sp³-hybridized carbons (Fsp3) is 0.933. The summed E-state index contributed by atoms with van der Waals surface area (Å²) < 4.78 is 0. The molecule has 1 heterocycles. The quantitative estimate of drug-likeness (QED) is 0.779. The van der Waals surface area contributed by atoms with E-state index in [9.17, 15) is 4.79 Å². The highest BCUT2D eigenvalue weighted by Gasteiger charge is 2.36. The molecule has 0 bridgehead atoms. The van der Waals surface area contributed by atoms with Gasteiger partial charge in [-0.2, -0.15) is 0 Å². The van der Waals surface area contributed by atoms with Crippen LogP contribution in [0.25, 0.3) is 0 Å². The third-order valence-electron chi connectivity index (χ3n) is 4.93. The summed E-state index contributed by atoms with van der Waals surface area (Å²) in [5.41, 5.74) is 5.99. The molecule has 18 heavy (non-hydrogen) atoms. The Bertz CT molecular complexity index is 305. The summed E-state index contributed by atoms with van der Waals surface area (Å²) >= 11 is 0. The van der Waals surface area contributed by atoms with Gasteiger partial charge in [0.1, 0.15) is 0 Å². The van der Waals surface area contributed by atoms with Crippen molar-refractivity contribution < 1.29 is 4.79 Å². The predicted molar refractivity (Wildman–Crippen MR) is 74.1 cm³/mol. The molecule has 2 rings (SSSR count). The number of carbonyl (C=O) groups excluding carboxylic acids is 1. The lowest BCUT2D eigenvalue weighted by Crippen LogP contribution is -2.50. The molecule has 1 aliphatic heterocycles. The zero-order valence-corrected chi connectivity index (χ0v) is 12.1. The normalized spacial score (nSPS) is 41.8. The van der Waals surface area contributed by atoms with Gasteiger partial charge in [-0.3, -0.25) is 4.79 Å². The highest BCUT2D eigenvalue weighted by atomic mass is 16.2. The average Bonchev–Trinajstić information content (AvgIpc) is 2.31. The molecule has 0 aromatic rings. The largest absolute Gasteiger partial charge is 0.339 e. The molecular weight excluding hydrogens is 224 g/mol. The van der Waals surface area contributed by atoms with Crippen LogP contribution in [0.5, 0.6) is 0 Å². The van der Waals surface area contributed by atoms with Crippen LogP contribution in [0, 0.1) is 17.8 Å². The van der Waals surface area contributed by atoms with Gasteiger partial charge in [-0.05, 0) is 50.9 Å². The van der Waals surface area contributed by atoms with E-state index in [1.807, 2.05) is 0 Å². The van der Waals surface area contributed by atoms with Crippen LogP contribution in [0.4, 0.5) is 0 Å². The van der Waals surface area contributed by atoms with Gasteiger partial charge in [-0.15, -0.1) is 0 Å². The number of amides is 1. The van der Waals surface area contributed by atoms with E-state index in [4.69, 9.17) is 5.73 Å². The van der Waals surface area contributed by atoms with Gasteiger partial charge in [0.05, 0.1) is 0 Å². The van der Waals surface area contributed by atoms with Crippen molar-refractivity contribution in [2.24, 2.45) is 23.5 Å². The van der Waals surface area contributed by atoms with Crippen molar-refractivity contribution >= 4 is 5.91 Å². The molecule has 5 unspecified atom stereocenters. The monoisotopic (exact) mass is 252 g/mol. The first-order valence-electron chi connectivity index (χ1n) is 7.55. The molecule has 0 radical (unpaired) electrons. The fourth-order valence-electron chi connectivity index (χ4n) is 3.61. The van der Waals surface area contributed by atoms with E-state index in [-0.39, 0.29) is 5.92 Å². The second kappa shape index (κ2) is 5.60. The van der Waals surface area contributed by atoms with Gasteiger partial charge in [-0.25, -0.2) is 0 Å². The minimum Gasteiger partial charge on any atom is -0.339 e. The first-order chi connectivity index (χ1) is 8.49. The Balaban J connectivity index is 2.01. The second-order valence-corrected chi connectivity index (χ2v) is 6.68. The second-order valence-electron chi connectivity index (χ2n) is 6.68. The van der Waals surface area contributed by atoms with Crippen LogP contribution in [0.1, 0.15) is 52.9 Å². The molecule has 1 saturated carbocycles. The van der Waals surface area contributed by atoms with Gasteiger partial charge in [0.15, 0.2) is 0 Å². The van der Waals surface area contributed by atoms with Crippen LogP contribution in [-0.2, 0) is 4.79 Å². The molecule has 2 N–H and O–H groups in total. The van der Waals surface area contributed by atoms with Crippen molar-refractivity contribution in [3.63, 3.8) is 0 Å². The number of hydrogen-bond donors (Lipinski definition) is 1. The van der Waals surface area contributed by atoms with E-state index in [1.165, 1.54) is 6.42 Å². The SMILES string of the molecule is CC1CCC(C)N(C(=O)C2CCC(N)CC2C)C1. The molecule has 1 aliphatic carbocycles. The van der Waals surface area contributed by atoms with Crippen molar-refractivity contribution in [3.05, 3.63) is 0 Å². The lowest BCUT2D eigenvalue weighted by molar-refractivity contribution is -0.142. The number of nitrogens with zero attached hydrogens (tertiary/aromatic N) is 1. The number of nitrogens with two attached hydrogens (primary N) is 1. The summed E-state index contributed by atoms with van der Waals surface area (Å²) in [4.78, 5) is 14.9. The first kappa shape index (κ1) is 13.9. The van der Waals surface area contributed by atoms with Crippen molar-refractivity contribution in [1.29, 1.82) is 0 Å². The zero-order valence-electron chi connectivity index (χ0n) is 12.1. The summed E-state index contributed by atoms with van der Waals surface area (Å²) in [6.45, 7) is 7.60. The minimum atomic E-state index is 0.220. The van der Waals surface area contributed by atoms with E-state index in [2.05, 4.69) is 25.7 Å². The van der Waals surface area contributed by atoms with Gasteiger partial charge in [0.25, 0.3) is 0 Å². The number of likely N-dealkylation sites (tertiary alicyclic amines) is 1. The maximum atomic E-state index is 12.7. The molecular formula is C15H28N2O. The first-order valence-corrected chi connectivity index (χ1v) is 7.55. The van der Waals surface area contributed by atoms with E-state index in [0.717, 1.165) is 32.2 Å². The summed E-state index contributed by atoms with van der Waals surface area (Å²) in [6.07, 6.45) is 5.43. The molecule has 0 aromatic carbocycles. The predicted octanol–water partition coefficient (Wildman–Crippen LogP) is 2.40. The van der Waals surface area contributed by atoms with Crippen LogP contribution in [0.2, 0.25) is 0 Å². The Labute approximate surface area is 111 Å². The average molecular weight is 252 g/mol. The van der Waals surface area contributed by atoms with Gasteiger partial charge >= 0.3 is 0 Å². The minimum absolute atomic E-state index is 0.220. The molecule has 2 aliphatic rings. The maximum absolute atomic E-state index is 12.7. The van der Waals surface area contributed by atoms with E-state index < -0.39 is 0 Å². The number of hydrogen-bond acceptors (Lipinski definition) is 2. The summed E-state index contributed by atoms with van der Waals surface area (Å²) in [5, 5.41) is 0. The van der Waals surface area contributed by atoms with Crippen LogP contribution < -0.4 is 5.73 Å². The lowest BCUT2D eigenvalue weighted by Gasteiger charge is -2.41. The van der Waals surface area contributed by atoms with E-state index >= 15 is 0 Å². The molecule has 0 spiro atoms. The van der Waals surface area contributed by atoms with Crippen LogP contribution >= 0.6 is 0 Å². The number of piperidine rings is 1. The molecule has 2 fully saturated rings. The van der Waals surface area contributed by atoms with Crippen LogP contribution in [0.3, 0.4) is 0 Å². The van der Waals surface area contributed by atoms with E-state index in [1.54, 1.807) is 0 Å². The fourth-order valence-corrected chi connectivity index (χ4v) is 3.61. The van der Waals surface area contributed by atoms with Crippen molar-refractivity contribution in [2.75, 3.05) is 6.54 Å². The summed E-state index contributed by atoms with van der Waals surface area (Å²) in [7, 11) is 0. The van der Waals surface area contributed by atoms with E-state index in [0.29, 0.717) is 29.8 Å². The lowest BCUT2D eigenvalue weighted by atomic mass is 9.77.